The van der Waals surface area contributed by atoms with Gasteiger partial charge in [-0.2, -0.15) is 0 Å². The molecule has 7 rings (SSSR count). The third-order valence-corrected chi connectivity index (χ3v) is 14.0. The van der Waals surface area contributed by atoms with Crippen LogP contribution in [0.2, 0.25) is 0 Å². The van der Waals surface area contributed by atoms with Crippen LogP contribution in [0.15, 0.2) is 11.6 Å². The summed E-state index contributed by atoms with van der Waals surface area (Å²) in [5.41, 5.74) is -0.819. The van der Waals surface area contributed by atoms with E-state index in [1.165, 1.54) is 0 Å². The number of esters is 1. The summed E-state index contributed by atoms with van der Waals surface area (Å²) in [6.07, 6.45) is 2.09. The van der Waals surface area contributed by atoms with Crippen LogP contribution in [-0.2, 0) is 28.5 Å². The molecule has 260 valence electrons. The maximum atomic E-state index is 12.5. The van der Waals surface area contributed by atoms with Gasteiger partial charge in [-0.25, -0.2) is 4.79 Å². The van der Waals surface area contributed by atoms with Crippen LogP contribution < -0.4 is 0 Å². The number of aliphatic hydroxyl groups excluding tert-OH is 4. The van der Waals surface area contributed by atoms with Crippen molar-refractivity contribution >= 4 is 5.97 Å². The summed E-state index contributed by atoms with van der Waals surface area (Å²) >= 11 is 0. The Bertz CT molecular complexity index is 1170. The SMILES string of the molecule is CC1OC(OC2C(O)CC(OC3CC[C@@]4(C)C(CCC5C4CC(O)[C@]4(C)C(C6=CC(=O)OC6)CC[C@]54O)C3)OC2C)CC(O)C1O. The minimum atomic E-state index is -0.993. The largest absolute Gasteiger partial charge is 0.458 e. The summed E-state index contributed by atoms with van der Waals surface area (Å²) in [4.78, 5) is 11.9. The van der Waals surface area contributed by atoms with Gasteiger partial charge in [-0.15, -0.1) is 0 Å². The second kappa shape index (κ2) is 12.0. The number of rotatable bonds is 5. The smallest absolute Gasteiger partial charge is 0.331 e. The van der Waals surface area contributed by atoms with E-state index in [4.69, 9.17) is 23.7 Å². The third kappa shape index (κ3) is 5.22. The van der Waals surface area contributed by atoms with Gasteiger partial charge in [0.2, 0.25) is 0 Å². The average molecular weight is 651 g/mol. The number of hydrogen-bond donors (Lipinski definition) is 5. The Morgan fingerprint density at radius 1 is 0.826 bits per heavy atom. The molecule has 5 N–H and O–H groups in total. The van der Waals surface area contributed by atoms with Gasteiger partial charge in [-0.05, 0) is 99.9 Å². The molecule has 11 nitrogen and oxygen atoms in total. The molecule has 7 aliphatic rings. The number of fused-ring (bicyclic) bond motifs is 5. The van der Waals surface area contributed by atoms with E-state index in [-0.39, 0.29) is 54.7 Å². The second-order valence-electron chi connectivity index (χ2n) is 16.1. The highest BCUT2D eigenvalue weighted by atomic mass is 16.7. The van der Waals surface area contributed by atoms with Crippen LogP contribution >= 0.6 is 0 Å². The van der Waals surface area contributed by atoms with Gasteiger partial charge in [0, 0.05) is 24.3 Å². The normalized spacial score (nSPS) is 55.6. The van der Waals surface area contributed by atoms with Gasteiger partial charge in [-0.3, -0.25) is 0 Å². The van der Waals surface area contributed by atoms with Crippen LogP contribution in [0.5, 0.6) is 0 Å². The standard InChI is InChI=1S/C35H54O11/c1-17-31(40)25(36)14-30(43-17)46-32-18(2)44-29(15-26(32)37)45-21-7-9-33(3)20(12-21)5-6-23-24(33)13-27(38)34(4)22(8-10-35(23,34)41)19-11-28(39)42-16-19/h11,17-18,20-27,29-32,36-38,40-41H,5-10,12-16H2,1-4H3/t17?,18?,20?,21?,22?,23?,24?,25?,26?,27?,29?,30?,31?,32?,33-,34-,35-/m0/s1. The highest BCUT2D eigenvalue weighted by Crippen LogP contribution is 2.70. The first-order valence-corrected chi connectivity index (χ1v) is 17.7. The molecule has 4 aliphatic carbocycles. The van der Waals surface area contributed by atoms with Crippen LogP contribution in [0.25, 0.3) is 0 Å². The van der Waals surface area contributed by atoms with Crippen LogP contribution in [0.4, 0.5) is 0 Å². The monoisotopic (exact) mass is 650 g/mol. The molecule has 0 aromatic carbocycles. The van der Waals surface area contributed by atoms with Crippen molar-refractivity contribution in [2.45, 2.75) is 159 Å². The molecule has 0 spiro atoms. The van der Waals surface area contributed by atoms with E-state index < -0.39 is 66.3 Å². The Balaban J connectivity index is 0.976. The van der Waals surface area contributed by atoms with Gasteiger partial charge in [0.15, 0.2) is 12.6 Å². The fraction of sp³-hybridized carbons (Fsp3) is 0.914. The lowest BCUT2D eigenvalue weighted by atomic mass is 9.42. The lowest BCUT2D eigenvalue weighted by molar-refractivity contribution is -0.318. The molecule has 46 heavy (non-hydrogen) atoms. The van der Waals surface area contributed by atoms with Gasteiger partial charge >= 0.3 is 5.97 Å². The van der Waals surface area contributed by atoms with E-state index in [0.29, 0.717) is 18.8 Å². The summed E-state index contributed by atoms with van der Waals surface area (Å²) in [5.74, 6) is 0.294. The van der Waals surface area contributed by atoms with E-state index in [1.54, 1.807) is 13.0 Å². The van der Waals surface area contributed by atoms with Gasteiger partial charge in [0.05, 0.1) is 42.2 Å². The Morgan fingerprint density at radius 3 is 2.24 bits per heavy atom. The average Bonchev–Trinajstić information content (AvgIpc) is 3.55. The summed E-state index contributed by atoms with van der Waals surface area (Å²) < 4.78 is 29.7. The summed E-state index contributed by atoms with van der Waals surface area (Å²) in [6, 6.07) is 0. The Labute approximate surface area is 271 Å². The number of carbonyl (C=O) groups excluding carboxylic acids is 1. The zero-order valence-electron chi connectivity index (χ0n) is 27.6. The van der Waals surface area contributed by atoms with Crippen LogP contribution in [0, 0.1) is 34.5 Å². The van der Waals surface area contributed by atoms with Gasteiger partial charge in [0.1, 0.15) is 18.8 Å². The minimum Gasteiger partial charge on any atom is -0.458 e. The molecular weight excluding hydrogens is 596 g/mol. The van der Waals surface area contributed by atoms with Crippen molar-refractivity contribution in [1.29, 1.82) is 0 Å². The van der Waals surface area contributed by atoms with E-state index >= 15 is 0 Å². The molecule has 11 heteroatoms. The molecule has 3 aliphatic heterocycles. The van der Waals surface area contributed by atoms with Crippen molar-refractivity contribution < 1.29 is 54.0 Å². The summed E-state index contributed by atoms with van der Waals surface area (Å²) in [5, 5.41) is 55.4. The maximum absolute atomic E-state index is 12.5. The van der Waals surface area contributed by atoms with Crippen molar-refractivity contribution in [1.82, 2.24) is 0 Å². The molecular formula is C35H54O11. The first-order chi connectivity index (χ1) is 21.7. The molecule has 17 atom stereocenters. The molecule has 0 radical (unpaired) electrons. The zero-order valence-corrected chi connectivity index (χ0v) is 27.6. The predicted octanol–water partition coefficient (Wildman–Crippen LogP) is 2.34. The molecule has 14 unspecified atom stereocenters. The molecule has 4 saturated carbocycles. The van der Waals surface area contributed by atoms with Gasteiger partial charge in [0.25, 0.3) is 0 Å². The fourth-order valence-corrected chi connectivity index (χ4v) is 11.3. The quantitative estimate of drug-likeness (QED) is 0.219. The number of aliphatic hydroxyl groups is 5. The molecule has 0 amide bonds. The Morgan fingerprint density at radius 2 is 1.54 bits per heavy atom. The summed E-state index contributed by atoms with van der Waals surface area (Å²) in [7, 11) is 0. The van der Waals surface area contributed by atoms with E-state index in [9.17, 15) is 30.3 Å². The van der Waals surface area contributed by atoms with E-state index in [1.807, 2.05) is 13.8 Å². The molecule has 0 aromatic heterocycles. The van der Waals surface area contributed by atoms with Crippen LogP contribution in [0.3, 0.4) is 0 Å². The first kappa shape index (κ1) is 33.4. The van der Waals surface area contributed by atoms with Crippen molar-refractivity contribution in [2.24, 2.45) is 34.5 Å². The highest BCUT2D eigenvalue weighted by Gasteiger charge is 2.70. The van der Waals surface area contributed by atoms with Crippen molar-refractivity contribution in [2.75, 3.05) is 6.61 Å². The zero-order chi connectivity index (χ0) is 32.8. The van der Waals surface area contributed by atoms with Gasteiger partial charge in [-0.1, -0.05) is 13.8 Å². The predicted molar refractivity (Wildman–Crippen MR) is 163 cm³/mol. The first-order valence-electron chi connectivity index (χ1n) is 17.7. The minimum absolute atomic E-state index is 0.0137. The fourth-order valence-electron chi connectivity index (χ4n) is 11.3. The molecule has 0 aromatic rings. The van der Waals surface area contributed by atoms with Crippen molar-refractivity contribution in [3.8, 4) is 0 Å². The summed E-state index contributed by atoms with van der Waals surface area (Å²) in [6.45, 7) is 8.18. The Hall–Kier alpha value is -1.15. The molecule has 0 bridgehead atoms. The number of carbonyl (C=O) groups is 1. The highest BCUT2D eigenvalue weighted by molar-refractivity contribution is 5.85. The van der Waals surface area contributed by atoms with E-state index in [2.05, 4.69) is 6.92 Å². The number of hydrogen-bond acceptors (Lipinski definition) is 11. The van der Waals surface area contributed by atoms with Crippen LogP contribution in [0.1, 0.15) is 91.9 Å². The topological polar surface area (TPSA) is 164 Å². The molecule has 6 fully saturated rings. The second-order valence-corrected chi connectivity index (χ2v) is 16.1. The Kier molecular flexibility index (Phi) is 8.71. The maximum Gasteiger partial charge on any atom is 0.331 e. The number of ether oxygens (including phenoxy) is 5. The lowest BCUT2D eigenvalue weighted by Gasteiger charge is -2.65. The number of cyclic esters (lactones) is 1. The molecule has 2 saturated heterocycles. The lowest BCUT2D eigenvalue weighted by Crippen LogP contribution is -2.67. The third-order valence-electron chi connectivity index (χ3n) is 14.0. The van der Waals surface area contributed by atoms with Crippen molar-refractivity contribution in [3.05, 3.63) is 11.6 Å². The van der Waals surface area contributed by atoms with Crippen LogP contribution in [-0.4, -0.2) is 105 Å². The van der Waals surface area contributed by atoms with Crippen molar-refractivity contribution in [3.63, 3.8) is 0 Å². The van der Waals surface area contributed by atoms with E-state index in [0.717, 1.165) is 44.1 Å². The molecule has 3 heterocycles. The van der Waals surface area contributed by atoms with Gasteiger partial charge < -0.3 is 49.2 Å².